The molecule has 6 heteroatoms. The topological polar surface area (TPSA) is 53.1 Å². The standard InChI is InChI=1S/C14H17BrClN3O/c1-9-4-3-5-10(12(9)15)13(17)14-11(16)8-18-19(14)6-7-20-2/h3-5,8,13H,6-7,17H2,1-2H3. The van der Waals surface area contributed by atoms with E-state index < -0.39 is 0 Å². The molecule has 0 spiro atoms. The lowest BCUT2D eigenvalue weighted by Gasteiger charge is -2.17. The van der Waals surface area contributed by atoms with Gasteiger partial charge >= 0.3 is 0 Å². The van der Waals surface area contributed by atoms with Crippen molar-refractivity contribution in [2.45, 2.75) is 19.5 Å². The molecule has 1 aromatic heterocycles. The highest BCUT2D eigenvalue weighted by Gasteiger charge is 2.20. The average Bonchev–Trinajstić information content (AvgIpc) is 2.80. The highest BCUT2D eigenvalue weighted by atomic mass is 79.9. The van der Waals surface area contributed by atoms with E-state index in [0.29, 0.717) is 18.2 Å². The van der Waals surface area contributed by atoms with E-state index in [-0.39, 0.29) is 6.04 Å². The van der Waals surface area contributed by atoms with E-state index >= 15 is 0 Å². The van der Waals surface area contributed by atoms with Crippen molar-refractivity contribution in [2.24, 2.45) is 5.73 Å². The molecule has 0 bridgehead atoms. The van der Waals surface area contributed by atoms with Crippen LogP contribution in [0.2, 0.25) is 5.02 Å². The fourth-order valence-electron chi connectivity index (χ4n) is 2.09. The fourth-order valence-corrected chi connectivity index (χ4v) is 2.86. The van der Waals surface area contributed by atoms with E-state index in [1.165, 1.54) is 0 Å². The summed E-state index contributed by atoms with van der Waals surface area (Å²) in [7, 11) is 1.65. The summed E-state index contributed by atoms with van der Waals surface area (Å²) in [6.07, 6.45) is 1.62. The van der Waals surface area contributed by atoms with Gasteiger partial charge in [0, 0.05) is 11.6 Å². The molecule has 0 saturated heterocycles. The molecule has 0 aliphatic heterocycles. The molecule has 1 atom stereocenters. The Labute approximate surface area is 132 Å². The molecular formula is C14H17BrClN3O. The first-order valence-corrected chi connectivity index (χ1v) is 7.44. The SMILES string of the molecule is COCCn1ncc(Cl)c1C(N)c1cccc(C)c1Br. The monoisotopic (exact) mass is 357 g/mol. The Kier molecular flexibility index (Phi) is 5.21. The van der Waals surface area contributed by atoms with Gasteiger partial charge in [0.25, 0.3) is 0 Å². The number of hydrogen-bond donors (Lipinski definition) is 1. The Morgan fingerprint density at radius 3 is 2.95 bits per heavy atom. The lowest BCUT2D eigenvalue weighted by molar-refractivity contribution is 0.182. The quantitative estimate of drug-likeness (QED) is 0.892. The zero-order chi connectivity index (χ0) is 14.7. The molecule has 0 aliphatic carbocycles. The van der Waals surface area contributed by atoms with Crippen LogP contribution in [-0.2, 0) is 11.3 Å². The zero-order valence-electron chi connectivity index (χ0n) is 11.4. The average molecular weight is 359 g/mol. The second-order valence-corrected chi connectivity index (χ2v) is 5.75. The lowest BCUT2D eigenvalue weighted by atomic mass is 10.0. The Morgan fingerprint density at radius 1 is 1.50 bits per heavy atom. The normalized spacial score (nSPS) is 12.7. The number of benzene rings is 1. The van der Waals surface area contributed by atoms with Crippen LogP contribution in [0.5, 0.6) is 0 Å². The van der Waals surface area contributed by atoms with Crippen LogP contribution in [0.25, 0.3) is 0 Å². The molecule has 0 aliphatic rings. The molecule has 0 radical (unpaired) electrons. The van der Waals surface area contributed by atoms with E-state index in [4.69, 9.17) is 22.1 Å². The van der Waals surface area contributed by atoms with E-state index in [1.54, 1.807) is 18.0 Å². The molecule has 1 heterocycles. The van der Waals surface area contributed by atoms with E-state index in [9.17, 15) is 0 Å². The molecule has 0 fully saturated rings. The minimum Gasteiger partial charge on any atom is -0.383 e. The molecule has 1 aromatic carbocycles. The summed E-state index contributed by atoms with van der Waals surface area (Å²) in [6, 6.07) is 5.67. The zero-order valence-corrected chi connectivity index (χ0v) is 13.8. The second kappa shape index (κ2) is 6.72. The molecule has 1 unspecified atom stereocenters. The predicted molar refractivity (Wildman–Crippen MR) is 84.0 cm³/mol. The first-order chi connectivity index (χ1) is 9.56. The molecule has 2 rings (SSSR count). The van der Waals surface area contributed by atoms with Crippen molar-refractivity contribution < 1.29 is 4.74 Å². The summed E-state index contributed by atoms with van der Waals surface area (Å²) < 4.78 is 7.88. The van der Waals surface area contributed by atoms with Crippen LogP contribution in [0.4, 0.5) is 0 Å². The number of aromatic nitrogens is 2. The van der Waals surface area contributed by atoms with Crippen LogP contribution >= 0.6 is 27.5 Å². The van der Waals surface area contributed by atoms with Crippen LogP contribution in [0, 0.1) is 6.92 Å². The first kappa shape index (κ1) is 15.5. The van der Waals surface area contributed by atoms with Gasteiger partial charge in [-0.2, -0.15) is 5.10 Å². The Bertz CT molecular complexity index is 600. The number of ether oxygens (including phenoxy) is 1. The fraction of sp³-hybridized carbons (Fsp3) is 0.357. The highest BCUT2D eigenvalue weighted by molar-refractivity contribution is 9.10. The van der Waals surface area contributed by atoms with Crippen LogP contribution in [0.15, 0.2) is 28.9 Å². The number of nitrogens with zero attached hydrogens (tertiary/aromatic N) is 2. The van der Waals surface area contributed by atoms with E-state index in [1.807, 2.05) is 25.1 Å². The van der Waals surface area contributed by atoms with Crippen molar-refractivity contribution in [3.8, 4) is 0 Å². The first-order valence-electron chi connectivity index (χ1n) is 6.27. The maximum absolute atomic E-state index is 6.39. The molecule has 2 N–H and O–H groups in total. The smallest absolute Gasteiger partial charge is 0.0837 e. The number of halogens is 2. The summed E-state index contributed by atoms with van der Waals surface area (Å²) >= 11 is 9.83. The van der Waals surface area contributed by atoms with Gasteiger partial charge in [-0.15, -0.1) is 0 Å². The minimum absolute atomic E-state index is 0.337. The van der Waals surface area contributed by atoms with Crippen molar-refractivity contribution in [3.63, 3.8) is 0 Å². The number of aryl methyl sites for hydroxylation is 1. The highest BCUT2D eigenvalue weighted by Crippen LogP contribution is 2.32. The van der Waals surface area contributed by atoms with Crippen LogP contribution in [-0.4, -0.2) is 23.5 Å². The van der Waals surface area contributed by atoms with Gasteiger partial charge in [0.05, 0.1) is 36.1 Å². The number of methoxy groups -OCH3 is 1. The van der Waals surface area contributed by atoms with Gasteiger partial charge < -0.3 is 10.5 Å². The van der Waals surface area contributed by atoms with Gasteiger partial charge in [-0.05, 0) is 18.1 Å². The maximum atomic E-state index is 6.39. The van der Waals surface area contributed by atoms with E-state index in [2.05, 4.69) is 21.0 Å². The molecule has 0 saturated carbocycles. The van der Waals surface area contributed by atoms with Crippen LogP contribution in [0.3, 0.4) is 0 Å². The lowest BCUT2D eigenvalue weighted by Crippen LogP contribution is -2.20. The van der Waals surface area contributed by atoms with Gasteiger partial charge in [-0.25, -0.2) is 0 Å². The Morgan fingerprint density at radius 2 is 2.25 bits per heavy atom. The van der Waals surface area contributed by atoms with Crippen LogP contribution < -0.4 is 5.73 Å². The molecule has 0 amide bonds. The Balaban J connectivity index is 2.40. The summed E-state index contributed by atoms with van der Waals surface area (Å²) in [5, 5.41) is 4.83. The number of rotatable bonds is 5. The third-order valence-corrected chi connectivity index (χ3v) is 4.57. The van der Waals surface area contributed by atoms with Crippen molar-refractivity contribution in [1.29, 1.82) is 0 Å². The minimum atomic E-state index is -0.337. The van der Waals surface area contributed by atoms with Crippen LogP contribution in [0.1, 0.15) is 22.9 Å². The molecule has 20 heavy (non-hydrogen) atoms. The van der Waals surface area contributed by atoms with E-state index in [0.717, 1.165) is 21.3 Å². The van der Waals surface area contributed by atoms with Gasteiger partial charge in [-0.3, -0.25) is 4.68 Å². The summed E-state index contributed by atoms with van der Waals surface area (Å²) in [5.41, 5.74) is 9.32. The van der Waals surface area contributed by atoms with Crippen molar-refractivity contribution in [3.05, 3.63) is 50.7 Å². The molecule has 108 valence electrons. The molecule has 2 aromatic rings. The second-order valence-electron chi connectivity index (χ2n) is 4.55. The Hall–Kier alpha value is -0.880. The summed E-state index contributed by atoms with van der Waals surface area (Å²) in [5.74, 6) is 0. The van der Waals surface area contributed by atoms with Gasteiger partial charge in [-0.1, -0.05) is 45.7 Å². The predicted octanol–water partition coefficient (Wildman–Crippen LogP) is 3.30. The number of hydrogen-bond acceptors (Lipinski definition) is 3. The van der Waals surface area contributed by atoms with Gasteiger partial charge in [0.15, 0.2) is 0 Å². The van der Waals surface area contributed by atoms with Crippen molar-refractivity contribution >= 4 is 27.5 Å². The summed E-state index contributed by atoms with van der Waals surface area (Å²) in [4.78, 5) is 0. The largest absolute Gasteiger partial charge is 0.383 e. The number of nitrogens with two attached hydrogens (primary N) is 1. The van der Waals surface area contributed by atoms with Gasteiger partial charge in [0.2, 0.25) is 0 Å². The molecular weight excluding hydrogens is 342 g/mol. The van der Waals surface area contributed by atoms with Crippen molar-refractivity contribution in [1.82, 2.24) is 9.78 Å². The third-order valence-electron chi connectivity index (χ3n) is 3.19. The van der Waals surface area contributed by atoms with Gasteiger partial charge in [0.1, 0.15) is 0 Å². The molecule has 4 nitrogen and oxygen atoms in total. The van der Waals surface area contributed by atoms with Crippen molar-refractivity contribution in [2.75, 3.05) is 13.7 Å². The third kappa shape index (κ3) is 3.06. The summed E-state index contributed by atoms with van der Waals surface area (Å²) in [6.45, 7) is 3.21. The maximum Gasteiger partial charge on any atom is 0.0837 e.